The number of benzene rings is 1. The molecule has 4 nitrogen and oxygen atoms in total. The van der Waals surface area contributed by atoms with Gasteiger partial charge in [-0.05, 0) is 36.8 Å². The number of hydrogen-bond acceptors (Lipinski definition) is 4. The number of rotatable bonds is 6. The van der Waals surface area contributed by atoms with Crippen LogP contribution in [0.4, 0.5) is 0 Å². The predicted molar refractivity (Wildman–Crippen MR) is 94.4 cm³/mol. The average Bonchev–Trinajstić information content (AvgIpc) is 2.98. The Morgan fingerprint density at radius 3 is 2.91 bits per heavy atom. The molecular formula is C19H26N4. The Bertz CT molecular complexity index is 653. The highest BCUT2D eigenvalue weighted by atomic mass is 15.2. The standard InChI is InChI=1S/C19H26N4/c1-2-5-17-11-22-18(8-16(17)4-1)12-21-13-19-6-3-7-23(19)14-15-9-20-10-15/h1-2,4-5,8,11,15,19-21H,3,6-7,9-10,12-14H2/t19-/m0/s1. The third kappa shape index (κ3) is 3.55. The first-order valence-electron chi connectivity index (χ1n) is 8.87. The van der Waals surface area contributed by atoms with Crippen LogP contribution in [0.1, 0.15) is 18.5 Å². The molecule has 3 heterocycles. The van der Waals surface area contributed by atoms with Crippen molar-refractivity contribution in [2.75, 3.05) is 32.7 Å². The van der Waals surface area contributed by atoms with Gasteiger partial charge in [0.25, 0.3) is 0 Å². The van der Waals surface area contributed by atoms with Crippen molar-refractivity contribution in [3.8, 4) is 0 Å². The van der Waals surface area contributed by atoms with E-state index in [9.17, 15) is 0 Å². The fourth-order valence-electron chi connectivity index (χ4n) is 3.77. The molecule has 2 saturated heterocycles. The average molecular weight is 310 g/mol. The number of nitrogens with zero attached hydrogens (tertiary/aromatic N) is 2. The highest BCUT2D eigenvalue weighted by Crippen LogP contribution is 2.19. The summed E-state index contributed by atoms with van der Waals surface area (Å²) in [5, 5.41) is 9.50. The normalized spacial score (nSPS) is 22.5. The molecule has 0 radical (unpaired) electrons. The summed E-state index contributed by atoms with van der Waals surface area (Å²) in [6, 6.07) is 11.3. The molecule has 2 aliphatic rings. The van der Waals surface area contributed by atoms with Crippen LogP contribution in [0.15, 0.2) is 36.5 Å². The largest absolute Gasteiger partial charge is 0.316 e. The Morgan fingerprint density at radius 1 is 1.22 bits per heavy atom. The fraction of sp³-hybridized carbons (Fsp3) is 0.526. The Kier molecular flexibility index (Phi) is 4.55. The Labute approximate surface area is 138 Å². The second kappa shape index (κ2) is 6.95. The molecule has 0 saturated carbocycles. The molecule has 122 valence electrons. The van der Waals surface area contributed by atoms with Gasteiger partial charge in [-0.25, -0.2) is 0 Å². The molecule has 2 aromatic rings. The van der Waals surface area contributed by atoms with E-state index in [0.717, 1.165) is 24.7 Å². The number of pyridine rings is 1. The molecule has 1 atom stereocenters. The van der Waals surface area contributed by atoms with Crippen LogP contribution in [-0.4, -0.2) is 48.6 Å². The fourth-order valence-corrected chi connectivity index (χ4v) is 3.77. The van der Waals surface area contributed by atoms with Gasteiger partial charge in [-0.1, -0.05) is 24.3 Å². The Hall–Kier alpha value is -1.49. The summed E-state index contributed by atoms with van der Waals surface area (Å²) in [6.45, 7) is 6.90. The van der Waals surface area contributed by atoms with Gasteiger partial charge in [-0.15, -0.1) is 0 Å². The quantitative estimate of drug-likeness (QED) is 0.856. The summed E-state index contributed by atoms with van der Waals surface area (Å²) in [5.41, 5.74) is 1.14. The lowest BCUT2D eigenvalue weighted by atomic mass is 10.0. The van der Waals surface area contributed by atoms with Crippen molar-refractivity contribution < 1.29 is 0 Å². The van der Waals surface area contributed by atoms with Gasteiger partial charge in [0.05, 0.1) is 5.69 Å². The van der Waals surface area contributed by atoms with E-state index in [1.165, 1.54) is 49.8 Å². The molecule has 0 unspecified atom stereocenters. The van der Waals surface area contributed by atoms with Gasteiger partial charge >= 0.3 is 0 Å². The van der Waals surface area contributed by atoms with E-state index in [0.29, 0.717) is 6.04 Å². The number of fused-ring (bicyclic) bond motifs is 1. The number of nitrogens with one attached hydrogen (secondary N) is 2. The summed E-state index contributed by atoms with van der Waals surface area (Å²) in [5.74, 6) is 0.873. The molecule has 23 heavy (non-hydrogen) atoms. The van der Waals surface area contributed by atoms with E-state index >= 15 is 0 Å². The van der Waals surface area contributed by atoms with E-state index in [2.05, 4.69) is 50.8 Å². The SMILES string of the molecule is c1ccc2cc(CNC[C@@H]3CCCN3CC3CNC3)ncc2c1. The maximum atomic E-state index is 4.58. The molecule has 2 N–H and O–H groups in total. The first kappa shape index (κ1) is 15.1. The van der Waals surface area contributed by atoms with Gasteiger partial charge in [-0.3, -0.25) is 9.88 Å². The summed E-state index contributed by atoms with van der Waals surface area (Å²) >= 11 is 0. The molecule has 0 amide bonds. The van der Waals surface area contributed by atoms with Crippen LogP contribution in [0, 0.1) is 5.92 Å². The van der Waals surface area contributed by atoms with Crippen LogP contribution in [0.3, 0.4) is 0 Å². The molecule has 4 heteroatoms. The molecule has 4 rings (SSSR count). The van der Waals surface area contributed by atoms with Crippen molar-refractivity contribution in [2.24, 2.45) is 5.92 Å². The molecule has 1 aromatic heterocycles. The van der Waals surface area contributed by atoms with Gasteiger partial charge in [-0.2, -0.15) is 0 Å². The van der Waals surface area contributed by atoms with Crippen molar-refractivity contribution in [2.45, 2.75) is 25.4 Å². The topological polar surface area (TPSA) is 40.2 Å². The molecule has 2 fully saturated rings. The van der Waals surface area contributed by atoms with E-state index in [4.69, 9.17) is 0 Å². The maximum absolute atomic E-state index is 4.58. The minimum absolute atomic E-state index is 0.705. The van der Waals surface area contributed by atoms with Crippen LogP contribution < -0.4 is 10.6 Å². The highest BCUT2D eigenvalue weighted by Gasteiger charge is 2.28. The monoisotopic (exact) mass is 310 g/mol. The minimum Gasteiger partial charge on any atom is -0.316 e. The van der Waals surface area contributed by atoms with Gasteiger partial charge in [0.2, 0.25) is 0 Å². The van der Waals surface area contributed by atoms with Crippen LogP contribution in [0.2, 0.25) is 0 Å². The molecule has 2 aliphatic heterocycles. The molecule has 1 aromatic carbocycles. The third-order valence-electron chi connectivity index (χ3n) is 5.23. The molecule has 0 spiro atoms. The van der Waals surface area contributed by atoms with E-state index in [1.807, 2.05) is 6.20 Å². The lowest BCUT2D eigenvalue weighted by Crippen LogP contribution is -2.50. The van der Waals surface area contributed by atoms with Crippen molar-refractivity contribution in [3.05, 3.63) is 42.2 Å². The van der Waals surface area contributed by atoms with Gasteiger partial charge in [0.15, 0.2) is 0 Å². The smallest absolute Gasteiger partial charge is 0.0548 e. The lowest BCUT2D eigenvalue weighted by molar-refractivity contribution is 0.177. The lowest BCUT2D eigenvalue weighted by Gasteiger charge is -2.34. The van der Waals surface area contributed by atoms with Crippen LogP contribution in [0.25, 0.3) is 10.8 Å². The first-order valence-corrected chi connectivity index (χ1v) is 8.87. The zero-order chi connectivity index (χ0) is 15.5. The number of likely N-dealkylation sites (tertiary alicyclic amines) is 1. The van der Waals surface area contributed by atoms with Crippen molar-refractivity contribution >= 4 is 10.8 Å². The van der Waals surface area contributed by atoms with E-state index in [1.54, 1.807) is 0 Å². The van der Waals surface area contributed by atoms with Gasteiger partial charge < -0.3 is 10.6 Å². The van der Waals surface area contributed by atoms with Crippen LogP contribution in [-0.2, 0) is 6.54 Å². The number of hydrogen-bond donors (Lipinski definition) is 2. The Balaban J connectivity index is 1.29. The van der Waals surface area contributed by atoms with Gasteiger partial charge in [0.1, 0.15) is 0 Å². The predicted octanol–water partition coefficient (Wildman–Crippen LogP) is 2.01. The maximum Gasteiger partial charge on any atom is 0.0548 e. The van der Waals surface area contributed by atoms with Crippen molar-refractivity contribution in [1.29, 1.82) is 0 Å². The van der Waals surface area contributed by atoms with Crippen molar-refractivity contribution in [3.63, 3.8) is 0 Å². The summed E-state index contributed by atoms with van der Waals surface area (Å²) in [7, 11) is 0. The van der Waals surface area contributed by atoms with Gasteiger partial charge in [0, 0.05) is 50.3 Å². The second-order valence-corrected chi connectivity index (χ2v) is 6.97. The molecular weight excluding hydrogens is 284 g/mol. The second-order valence-electron chi connectivity index (χ2n) is 6.97. The summed E-state index contributed by atoms with van der Waals surface area (Å²) < 4.78 is 0. The third-order valence-corrected chi connectivity index (χ3v) is 5.23. The number of aromatic nitrogens is 1. The van der Waals surface area contributed by atoms with Crippen LogP contribution in [0.5, 0.6) is 0 Å². The molecule has 0 aliphatic carbocycles. The zero-order valence-electron chi connectivity index (χ0n) is 13.7. The minimum atomic E-state index is 0.705. The highest BCUT2D eigenvalue weighted by molar-refractivity contribution is 5.81. The molecule has 0 bridgehead atoms. The van der Waals surface area contributed by atoms with E-state index in [-0.39, 0.29) is 0 Å². The Morgan fingerprint density at radius 2 is 2.09 bits per heavy atom. The first-order chi connectivity index (χ1) is 11.4. The summed E-state index contributed by atoms with van der Waals surface area (Å²) in [6.07, 6.45) is 4.66. The van der Waals surface area contributed by atoms with E-state index < -0.39 is 0 Å². The van der Waals surface area contributed by atoms with Crippen LogP contribution >= 0.6 is 0 Å². The zero-order valence-corrected chi connectivity index (χ0v) is 13.7. The van der Waals surface area contributed by atoms with Crippen molar-refractivity contribution in [1.82, 2.24) is 20.5 Å². The summed E-state index contributed by atoms with van der Waals surface area (Å²) in [4.78, 5) is 7.26.